The molecule has 6 N–H and O–H groups in total. The van der Waals surface area contributed by atoms with Crippen LogP contribution < -0.4 is 22.1 Å². The fourth-order valence-electron chi connectivity index (χ4n) is 6.39. The van der Waals surface area contributed by atoms with E-state index in [0.29, 0.717) is 12.1 Å². The van der Waals surface area contributed by atoms with Crippen molar-refractivity contribution >= 4 is 0 Å². The van der Waals surface area contributed by atoms with E-state index in [2.05, 4.69) is 71.3 Å². The quantitative estimate of drug-likeness (QED) is 0.271. The maximum Gasteiger partial charge on any atom is 0.0137 e. The van der Waals surface area contributed by atoms with E-state index >= 15 is 0 Å². The second-order valence-corrected chi connectivity index (χ2v) is 11.7. The summed E-state index contributed by atoms with van der Waals surface area (Å²) in [5.41, 5.74) is 16.7. The van der Waals surface area contributed by atoms with Crippen LogP contribution >= 0.6 is 0 Å². The normalized spacial score (nSPS) is 25.1. The van der Waals surface area contributed by atoms with E-state index in [-0.39, 0.29) is 10.8 Å². The minimum atomic E-state index is 0.263. The second-order valence-electron chi connectivity index (χ2n) is 11.7. The Balaban J connectivity index is 0.885. The van der Waals surface area contributed by atoms with Gasteiger partial charge in [0.2, 0.25) is 0 Å². The van der Waals surface area contributed by atoms with E-state index in [1.54, 1.807) is 0 Å². The minimum Gasteiger partial charge on any atom is -0.327 e. The molecule has 35 heavy (non-hydrogen) atoms. The maximum atomic E-state index is 6.63. The van der Waals surface area contributed by atoms with Gasteiger partial charge in [-0.1, -0.05) is 60.7 Å². The van der Waals surface area contributed by atoms with Gasteiger partial charge in [-0.25, -0.2) is 0 Å². The van der Waals surface area contributed by atoms with Crippen LogP contribution in [0, 0.1) is 11.8 Å². The first-order valence-electron chi connectivity index (χ1n) is 14.2. The zero-order valence-electron chi connectivity index (χ0n) is 21.4. The van der Waals surface area contributed by atoms with Crippen molar-refractivity contribution in [2.75, 3.05) is 26.2 Å². The van der Waals surface area contributed by atoms with Crippen molar-refractivity contribution in [3.05, 3.63) is 71.8 Å². The lowest BCUT2D eigenvalue weighted by atomic mass is 9.86. The Labute approximate surface area is 212 Å². The molecular weight excluding hydrogens is 428 g/mol. The van der Waals surface area contributed by atoms with E-state index in [4.69, 9.17) is 11.5 Å². The molecule has 0 bridgehead atoms. The standard InChI is InChI=1S/C31H46N4/c32-28(30(15-16-30)26-9-3-1-4-10-26)13-7-19-34-22-24-21-25(24)23-35-20-8-14-29(33)31(17-18-31)27-11-5-2-6-12-27/h1-6,9-12,24-25,28-29,34-35H,7-8,13-23,32-33H2. The highest BCUT2D eigenvalue weighted by molar-refractivity contribution is 5.34. The van der Waals surface area contributed by atoms with Gasteiger partial charge in [-0.05, 0) is 107 Å². The largest absolute Gasteiger partial charge is 0.327 e. The lowest BCUT2D eigenvalue weighted by molar-refractivity contribution is 0.452. The van der Waals surface area contributed by atoms with E-state index < -0.39 is 0 Å². The van der Waals surface area contributed by atoms with E-state index in [1.807, 2.05) is 0 Å². The third kappa shape index (κ3) is 5.99. The molecule has 2 aromatic carbocycles. The molecule has 0 radical (unpaired) electrons. The molecule has 4 unspecified atom stereocenters. The molecule has 4 heteroatoms. The number of nitrogens with one attached hydrogen (secondary N) is 2. The van der Waals surface area contributed by atoms with Crippen molar-refractivity contribution in [3.8, 4) is 0 Å². The van der Waals surface area contributed by atoms with Crippen LogP contribution in [0.5, 0.6) is 0 Å². The monoisotopic (exact) mass is 474 g/mol. The van der Waals surface area contributed by atoms with Crippen molar-refractivity contribution in [3.63, 3.8) is 0 Å². The Kier molecular flexibility index (Phi) is 7.93. The maximum absolute atomic E-state index is 6.63. The van der Waals surface area contributed by atoms with Crippen molar-refractivity contribution in [2.24, 2.45) is 23.3 Å². The molecule has 0 aliphatic heterocycles. The first-order chi connectivity index (χ1) is 17.1. The van der Waals surface area contributed by atoms with Gasteiger partial charge in [-0.2, -0.15) is 0 Å². The summed E-state index contributed by atoms with van der Waals surface area (Å²) in [5.74, 6) is 1.70. The number of benzene rings is 2. The first kappa shape index (κ1) is 25.0. The van der Waals surface area contributed by atoms with Crippen LogP contribution in [0.2, 0.25) is 0 Å². The third-order valence-corrected chi connectivity index (χ3v) is 9.31. The fourth-order valence-corrected chi connectivity index (χ4v) is 6.39. The van der Waals surface area contributed by atoms with Crippen molar-refractivity contribution in [1.82, 2.24) is 10.6 Å². The van der Waals surface area contributed by atoms with E-state index in [9.17, 15) is 0 Å². The third-order valence-electron chi connectivity index (χ3n) is 9.31. The Morgan fingerprint density at radius 3 is 1.43 bits per heavy atom. The summed E-state index contributed by atoms with van der Waals surface area (Å²) in [6, 6.07) is 22.4. The lowest BCUT2D eigenvalue weighted by Crippen LogP contribution is -2.35. The predicted octanol–water partition coefficient (Wildman–Crippen LogP) is 4.48. The summed E-state index contributed by atoms with van der Waals surface area (Å²) in [6.45, 7) is 4.51. The smallest absolute Gasteiger partial charge is 0.0137 e. The summed E-state index contributed by atoms with van der Waals surface area (Å²) in [5, 5.41) is 7.40. The molecule has 0 aromatic heterocycles. The summed E-state index contributed by atoms with van der Waals surface area (Å²) in [4.78, 5) is 0. The molecule has 0 saturated heterocycles. The van der Waals surface area contributed by atoms with Gasteiger partial charge in [-0.3, -0.25) is 0 Å². The molecular formula is C31H46N4. The van der Waals surface area contributed by atoms with Crippen LogP contribution in [-0.4, -0.2) is 38.3 Å². The fraction of sp³-hybridized carbons (Fsp3) is 0.613. The zero-order valence-corrected chi connectivity index (χ0v) is 21.4. The molecule has 4 nitrogen and oxygen atoms in total. The SMILES string of the molecule is NC(CCCNCC1CC1CNCCCC(N)C1(c2ccccc2)CC1)C1(c2ccccc2)CC1. The van der Waals surface area contributed by atoms with Crippen molar-refractivity contribution in [2.45, 2.75) is 80.7 Å². The molecule has 3 aliphatic rings. The van der Waals surface area contributed by atoms with Crippen molar-refractivity contribution < 1.29 is 0 Å². The summed E-state index contributed by atoms with van der Waals surface area (Å²) in [7, 11) is 0. The number of rotatable bonds is 16. The molecule has 3 saturated carbocycles. The lowest BCUT2D eigenvalue weighted by Gasteiger charge is -2.24. The molecule has 190 valence electrons. The molecule has 0 spiro atoms. The van der Waals surface area contributed by atoms with Crippen LogP contribution in [0.1, 0.15) is 68.9 Å². The Hall–Kier alpha value is -1.72. The van der Waals surface area contributed by atoms with Crippen LogP contribution in [0.25, 0.3) is 0 Å². The van der Waals surface area contributed by atoms with Crippen molar-refractivity contribution in [1.29, 1.82) is 0 Å². The van der Waals surface area contributed by atoms with E-state index in [1.165, 1.54) is 56.1 Å². The van der Waals surface area contributed by atoms with Crippen LogP contribution in [0.4, 0.5) is 0 Å². The molecule has 0 amide bonds. The summed E-state index contributed by atoms with van der Waals surface area (Å²) < 4.78 is 0. The van der Waals surface area contributed by atoms with Gasteiger partial charge in [0.25, 0.3) is 0 Å². The first-order valence-corrected chi connectivity index (χ1v) is 14.2. The van der Waals surface area contributed by atoms with Crippen LogP contribution in [0.15, 0.2) is 60.7 Å². The topological polar surface area (TPSA) is 76.1 Å². The second kappa shape index (κ2) is 11.1. The Morgan fingerprint density at radius 1 is 0.657 bits per heavy atom. The highest BCUT2D eigenvalue weighted by Crippen LogP contribution is 2.52. The van der Waals surface area contributed by atoms with Crippen LogP contribution in [-0.2, 0) is 10.8 Å². The zero-order chi connectivity index (χ0) is 24.1. The molecule has 0 heterocycles. The van der Waals surface area contributed by atoms with Gasteiger partial charge in [0.05, 0.1) is 0 Å². The number of nitrogens with two attached hydrogens (primary N) is 2. The van der Waals surface area contributed by atoms with Gasteiger partial charge < -0.3 is 22.1 Å². The van der Waals surface area contributed by atoms with E-state index in [0.717, 1.165) is 50.9 Å². The molecule has 4 atom stereocenters. The predicted molar refractivity (Wildman–Crippen MR) is 146 cm³/mol. The average Bonchev–Trinajstić information content (AvgIpc) is 3.76. The molecule has 5 rings (SSSR count). The molecule has 2 aromatic rings. The average molecular weight is 475 g/mol. The summed E-state index contributed by atoms with van der Waals surface area (Å²) >= 11 is 0. The number of hydrogen-bond donors (Lipinski definition) is 4. The van der Waals surface area contributed by atoms with Gasteiger partial charge >= 0.3 is 0 Å². The summed E-state index contributed by atoms with van der Waals surface area (Å²) in [6.07, 6.45) is 11.0. The van der Waals surface area contributed by atoms with Gasteiger partial charge in [0, 0.05) is 22.9 Å². The Bertz CT molecular complexity index is 831. The van der Waals surface area contributed by atoms with Gasteiger partial charge in [0.15, 0.2) is 0 Å². The molecule has 3 aliphatic carbocycles. The highest BCUT2D eigenvalue weighted by Gasteiger charge is 2.49. The number of hydrogen-bond acceptors (Lipinski definition) is 4. The Morgan fingerprint density at radius 2 is 1.06 bits per heavy atom. The van der Waals surface area contributed by atoms with Gasteiger partial charge in [0.1, 0.15) is 0 Å². The van der Waals surface area contributed by atoms with Gasteiger partial charge in [-0.15, -0.1) is 0 Å². The molecule has 3 fully saturated rings. The highest BCUT2D eigenvalue weighted by atomic mass is 14.9. The van der Waals surface area contributed by atoms with Crippen LogP contribution in [0.3, 0.4) is 0 Å². The minimum absolute atomic E-state index is 0.263.